The van der Waals surface area contributed by atoms with Gasteiger partial charge in [0.2, 0.25) is 0 Å². The lowest BCUT2D eigenvalue weighted by molar-refractivity contribution is 0.113. The molecule has 1 N–H and O–H groups in total. The lowest BCUT2D eigenvalue weighted by Crippen LogP contribution is -2.36. The smallest absolute Gasteiger partial charge is 0.0700 e. The molecule has 0 saturated carbocycles. The summed E-state index contributed by atoms with van der Waals surface area (Å²) in [6.45, 7) is 6.28. The van der Waals surface area contributed by atoms with Crippen LogP contribution in [0.15, 0.2) is 24.3 Å². The highest BCUT2D eigenvalue weighted by molar-refractivity contribution is 5.25. The highest BCUT2D eigenvalue weighted by atomic mass is 16.5. The number of rotatable bonds is 4. The van der Waals surface area contributed by atoms with Crippen molar-refractivity contribution in [2.24, 2.45) is 0 Å². The number of ether oxygens (including phenoxy) is 1. The van der Waals surface area contributed by atoms with Gasteiger partial charge in [-0.2, -0.15) is 0 Å². The Morgan fingerprint density at radius 2 is 2.19 bits per heavy atom. The van der Waals surface area contributed by atoms with Gasteiger partial charge in [-0.1, -0.05) is 24.3 Å². The molecule has 0 aliphatic carbocycles. The molecule has 1 fully saturated rings. The van der Waals surface area contributed by atoms with Crippen LogP contribution in [0, 0.1) is 6.92 Å². The van der Waals surface area contributed by atoms with Crippen molar-refractivity contribution in [2.45, 2.75) is 38.8 Å². The Morgan fingerprint density at radius 3 is 2.88 bits per heavy atom. The van der Waals surface area contributed by atoms with Gasteiger partial charge < -0.3 is 10.1 Å². The van der Waals surface area contributed by atoms with E-state index in [0.29, 0.717) is 12.1 Å². The first-order valence-electron chi connectivity index (χ1n) is 6.17. The molecule has 2 rings (SSSR count). The van der Waals surface area contributed by atoms with Gasteiger partial charge in [0.1, 0.15) is 0 Å². The van der Waals surface area contributed by atoms with Crippen LogP contribution in [0.25, 0.3) is 0 Å². The summed E-state index contributed by atoms with van der Waals surface area (Å²) in [5.74, 6) is 0. The van der Waals surface area contributed by atoms with Crippen molar-refractivity contribution in [1.82, 2.24) is 5.32 Å². The number of aryl methyl sites for hydroxylation is 1. The third-order valence-electron chi connectivity index (χ3n) is 3.44. The van der Waals surface area contributed by atoms with Gasteiger partial charge in [0.15, 0.2) is 0 Å². The second-order valence-corrected chi connectivity index (χ2v) is 4.60. The molecular formula is C14H21NO. The quantitative estimate of drug-likeness (QED) is 0.839. The minimum Gasteiger partial charge on any atom is -0.377 e. The fourth-order valence-electron chi connectivity index (χ4n) is 2.28. The summed E-state index contributed by atoms with van der Waals surface area (Å²) in [5.41, 5.74) is 2.83. The zero-order valence-corrected chi connectivity index (χ0v) is 10.2. The van der Waals surface area contributed by atoms with Gasteiger partial charge >= 0.3 is 0 Å². The Bertz CT molecular complexity index is 337. The highest BCUT2D eigenvalue weighted by Gasteiger charge is 2.22. The van der Waals surface area contributed by atoms with Crippen LogP contribution < -0.4 is 5.32 Å². The molecule has 2 atom stereocenters. The Kier molecular flexibility index (Phi) is 3.97. The molecule has 2 heteroatoms. The fourth-order valence-corrected chi connectivity index (χ4v) is 2.28. The number of benzene rings is 1. The fraction of sp³-hybridized carbons (Fsp3) is 0.571. The second-order valence-electron chi connectivity index (χ2n) is 4.60. The van der Waals surface area contributed by atoms with E-state index in [-0.39, 0.29) is 0 Å². The van der Waals surface area contributed by atoms with E-state index in [0.717, 1.165) is 26.0 Å². The first-order chi connectivity index (χ1) is 7.77. The third kappa shape index (κ3) is 2.83. The van der Waals surface area contributed by atoms with E-state index in [4.69, 9.17) is 4.74 Å². The second kappa shape index (κ2) is 5.46. The number of hydrogen-bond acceptors (Lipinski definition) is 2. The monoisotopic (exact) mass is 219 g/mol. The van der Waals surface area contributed by atoms with E-state index in [1.54, 1.807) is 0 Å². The normalized spacial score (nSPS) is 24.9. The standard InChI is InChI=1S/C14H21NO/c1-11-5-3-4-6-13(11)7-9-15-14-8-10-16-12(14)2/h3-6,12,14-15H,7-10H2,1-2H3. The van der Waals surface area contributed by atoms with Gasteiger partial charge in [-0.25, -0.2) is 0 Å². The predicted molar refractivity (Wildman–Crippen MR) is 66.7 cm³/mol. The average molecular weight is 219 g/mol. The summed E-state index contributed by atoms with van der Waals surface area (Å²) in [7, 11) is 0. The SMILES string of the molecule is Cc1ccccc1CCNC1CCOC1C. The summed E-state index contributed by atoms with van der Waals surface area (Å²) in [4.78, 5) is 0. The maximum Gasteiger partial charge on any atom is 0.0700 e. The summed E-state index contributed by atoms with van der Waals surface area (Å²) in [6, 6.07) is 9.15. The van der Waals surface area contributed by atoms with Crippen molar-refractivity contribution in [2.75, 3.05) is 13.2 Å². The molecule has 1 aliphatic rings. The van der Waals surface area contributed by atoms with Crippen LogP contribution in [0.5, 0.6) is 0 Å². The number of nitrogens with one attached hydrogen (secondary N) is 1. The number of hydrogen-bond donors (Lipinski definition) is 1. The molecule has 0 amide bonds. The van der Waals surface area contributed by atoms with E-state index in [9.17, 15) is 0 Å². The summed E-state index contributed by atoms with van der Waals surface area (Å²) in [5, 5.41) is 3.58. The molecule has 0 aromatic heterocycles. The topological polar surface area (TPSA) is 21.3 Å². The first-order valence-corrected chi connectivity index (χ1v) is 6.17. The molecule has 2 nitrogen and oxygen atoms in total. The summed E-state index contributed by atoms with van der Waals surface area (Å²) in [6.07, 6.45) is 2.63. The molecule has 0 bridgehead atoms. The van der Waals surface area contributed by atoms with Gasteiger partial charge in [0.25, 0.3) is 0 Å². The molecule has 1 aromatic rings. The zero-order valence-electron chi connectivity index (χ0n) is 10.2. The van der Waals surface area contributed by atoms with Crippen molar-refractivity contribution in [3.8, 4) is 0 Å². The Hall–Kier alpha value is -0.860. The third-order valence-corrected chi connectivity index (χ3v) is 3.44. The molecule has 0 radical (unpaired) electrons. The van der Waals surface area contributed by atoms with Crippen LogP contribution >= 0.6 is 0 Å². The Balaban J connectivity index is 1.78. The molecule has 0 spiro atoms. The van der Waals surface area contributed by atoms with E-state index in [1.807, 2.05) is 0 Å². The van der Waals surface area contributed by atoms with Crippen molar-refractivity contribution < 1.29 is 4.74 Å². The zero-order chi connectivity index (χ0) is 11.4. The van der Waals surface area contributed by atoms with E-state index in [2.05, 4.69) is 43.4 Å². The van der Waals surface area contributed by atoms with Gasteiger partial charge in [-0.05, 0) is 44.4 Å². The van der Waals surface area contributed by atoms with Gasteiger partial charge in [0.05, 0.1) is 6.10 Å². The predicted octanol–water partition coefficient (Wildman–Crippen LogP) is 2.30. The molecular weight excluding hydrogens is 198 g/mol. The Labute approximate surface area is 98.0 Å². The van der Waals surface area contributed by atoms with E-state index in [1.165, 1.54) is 11.1 Å². The minimum absolute atomic E-state index is 0.372. The lowest BCUT2D eigenvalue weighted by Gasteiger charge is -2.16. The van der Waals surface area contributed by atoms with Crippen LogP contribution in [0.4, 0.5) is 0 Å². The van der Waals surface area contributed by atoms with Gasteiger partial charge in [-0.15, -0.1) is 0 Å². The maximum atomic E-state index is 5.53. The minimum atomic E-state index is 0.372. The van der Waals surface area contributed by atoms with Crippen molar-refractivity contribution in [1.29, 1.82) is 0 Å². The van der Waals surface area contributed by atoms with Gasteiger partial charge in [-0.3, -0.25) is 0 Å². The molecule has 1 aliphatic heterocycles. The highest BCUT2D eigenvalue weighted by Crippen LogP contribution is 2.13. The van der Waals surface area contributed by atoms with Crippen molar-refractivity contribution in [3.05, 3.63) is 35.4 Å². The summed E-state index contributed by atoms with van der Waals surface area (Å²) < 4.78 is 5.53. The van der Waals surface area contributed by atoms with E-state index >= 15 is 0 Å². The molecule has 2 unspecified atom stereocenters. The van der Waals surface area contributed by atoms with Crippen molar-refractivity contribution >= 4 is 0 Å². The van der Waals surface area contributed by atoms with Crippen LogP contribution in [-0.2, 0) is 11.2 Å². The van der Waals surface area contributed by atoms with E-state index < -0.39 is 0 Å². The molecule has 1 heterocycles. The lowest BCUT2D eigenvalue weighted by atomic mass is 10.1. The molecule has 16 heavy (non-hydrogen) atoms. The summed E-state index contributed by atoms with van der Waals surface area (Å²) >= 11 is 0. The van der Waals surface area contributed by atoms with Gasteiger partial charge in [0, 0.05) is 12.6 Å². The van der Waals surface area contributed by atoms with Crippen LogP contribution in [-0.4, -0.2) is 25.3 Å². The maximum absolute atomic E-state index is 5.53. The largest absolute Gasteiger partial charge is 0.377 e. The van der Waals surface area contributed by atoms with Crippen LogP contribution in [0.1, 0.15) is 24.5 Å². The van der Waals surface area contributed by atoms with Crippen LogP contribution in [0.2, 0.25) is 0 Å². The average Bonchev–Trinajstić information content (AvgIpc) is 2.67. The molecule has 1 saturated heterocycles. The molecule has 1 aromatic carbocycles. The van der Waals surface area contributed by atoms with Crippen molar-refractivity contribution in [3.63, 3.8) is 0 Å². The Morgan fingerprint density at radius 1 is 1.38 bits per heavy atom. The first kappa shape index (κ1) is 11.6. The van der Waals surface area contributed by atoms with Crippen LogP contribution in [0.3, 0.4) is 0 Å². The molecule has 88 valence electrons.